The number of benzene rings is 1. The lowest BCUT2D eigenvalue weighted by atomic mass is 10.00. The van der Waals surface area contributed by atoms with E-state index in [4.69, 9.17) is 9.47 Å². The van der Waals surface area contributed by atoms with E-state index in [2.05, 4.69) is 24.4 Å². The second kappa shape index (κ2) is 10.7. The Morgan fingerprint density at radius 3 is 2.85 bits per heavy atom. The van der Waals surface area contributed by atoms with Gasteiger partial charge in [0.2, 0.25) is 11.8 Å². The molecule has 0 N–H and O–H groups in total. The van der Waals surface area contributed by atoms with Crippen molar-refractivity contribution in [1.29, 1.82) is 0 Å². The molecule has 6 nitrogen and oxygen atoms in total. The quantitative estimate of drug-likeness (QED) is 0.578. The summed E-state index contributed by atoms with van der Waals surface area (Å²) < 4.78 is 12.0. The molecule has 0 spiro atoms. The van der Waals surface area contributed by atoms with Crippen LogP contribution < -0.4 is 4.74 Å². The fourth-order valence-corrected chi connectivity index (χ4v) is 5.70. The van der Waals surface area contributed by atoms with Crippen molar-refractivity contribution in [3.63, 3.8) is 0 Å². The van der Waals surface area contributed by atoms with E-state index in [1.165, 1.54) is 10.4 Å². The molecule has 2 aliphatic rings. The highest BCUT2D eigenvalue weighted by atomic mass is 32.1. The number of ether oxygens (including phenoxy) is 2. The molecule has 1 saturated heterocycles. The molecule has 0 radical (unpaired) electrons. The van der Waals surface area contributed by atoms with Crippen molar-refractivity contribution in [1.82, 2.24) is 9.80 Å². The first kappa shape index (κ1) is 23.8. The topological polar surface area (TPSA) is 59.1 Å². The van der Waals surface area contributed by atoms with Crippen LogP contribution in [0.5, 0.6) is 5.75 Å². The van der Waals surface area contributed by atoms with Crippen molar-refractivity contribution in [2.75, 3.05) is 32.8 Å². The van der Waals surface area contributed by atoms with Crippen LogP contribution in [0, 0.1) is 13.8 Å². The maximum absolute atomic E-state index is 13.5. The predicted octanol–water partition coefficient (Wildman–Crippen LogP) is 4.29. The molecule has 0 bridgehead atoms. The number of carbonyl (C=O) groups is 2. The van der Waals surface area contributed by atoms with Gasteiger partial charge >= 0.3 is 0 Å². The van der Waals surface area contributed by atoms with Crippen molar-refractivity contribution < 1.29 is 19.1 Å². The molecule has 33 heavy (non-hydrogen) atoms. The minimum atomic E-state index is -0.158. The number of rotatable bonds is 8. The highest BCUT2D eigenvalue weighted by Gasteiger charge is 2.34. The van der Waals surface area contributed by atoms with Crippen LogP contribution in [0.1, 0.15) is 53.8 Å². The van der Waals surface area contributed by atoms with Gasteiger partial charge in [-0.25, -0.2) is 0 Å². The van der Waals surface area contributed by atoms with Crippen molar-refractivity contribution in [2.45, 2.75) is 58.6 Å². The summed E-state index contributed by atoms with van der Waals surface area (Å²) in [5.74, 6) is 0.813. The van der Waals surface area contributed by atoms with Crippen LogP contribution in [-0.4, -0.2) is 60.6 Å². The Balaban J connectivity index is 1.49. The Labute approximate surface area is 200 Å². The fourth-order valence-electron chi connectivity index (χ4n) is 4.77. The molecule has 2 aromatic rings. The van der Waals surface area contributed by atoms with Gasteiger partial charge in [-0.1, -0.05) is 24.6 Å². The Morgan fingerprint density at radius 1 is 1.27 bits per heavy atom. The van der Waals surface area contributed by atoms with Gasteiger partial charge in [0.25, 0.3) is 0 Å². The van der Waals surface area contributed by atoms with Crippen molar-refractivity contribution in [3.8, 4) is 5.75 Å². The summed E-state index contributed by atoms with van der Waals surface area (Å²) >= 11 is 1.74. The molecule has 0 aliphatic carbocycles. The number of aryl methyl sites for hydroxylation is 2. The summed E-state index contributed by atoms with van der Waals surface area (Å²) in [5.41, 5.74) is 3.45. The summed E-state index contributed by atoms with van der Waals surface area (Å²) in [4.78, 5) is 31.0. The highest BCUT2D eigenvalue weighted by Crippen LogP contribution is 2.34. The van der Waals surface area contributed by atoms with Crippen molar-refractivity contribution in [2.24, 2.45) is 0 Å². The zero-order chi connectivity index (χ0) is 23.4. The van der Waals surface area contributed by atoms with Gasteiger partial charge in [-0.3, -0.25) is 9.59 Å². The lowest BCUT2D eigenvalue weighted by molar-refractivity contribution is -0.143. The summed E-state index contributed by atoms with van der Waals surface area (Å²) in [7, 11) is 0. The van der Waals surface area contributed by atoms with E-state index in [0.717, 1.165) is 42.7 Å². The van der Waals surface area contributed by atoms with Gasteiger partial charge in [0.1, 0.15) is 12.4 Å². The first-order chi connectivity index (χ1) is 16.0. The SMILES string of the molecule is CCC(=O)N(CC(=O)N1CCc2sccc2C1COc1ccc(C)cc1C)CC1CCCO1. The molecule has 2 atom stereocenters. The summed E-state index contributed by atoms with van der Waals surface area (Å²) in [6, 6.07) is 8.10. The minimum absolute atomic E-state index is 0.00448. The summed E-state index contributed by atoms with van der Waals surface area (Å²) in [6.45, 7) is 8.30. The van der Waals surface area contributed by atoms with Crippen LogP contribution in [0.2, 0.25) is 0 Å². The zero-order valence-corrected chi connectivity index (χ0v) is 20.7. The van der Waals surface area contributed by atoms with Gasteiger partial charge in [-0.2, -0.15) is 0 Å². The third kappa shape index (κ3) is 5.58. The van der Waals surface area contributed by atoms with Crippen molar-refractivity contribution in [3.05, 3.63) is 51.2 Å². The molecule has 1 aromatic carbocycles. The largest absolute Gasteiger partial charge is 0.491 e. The fraction of sp³-hybridized carbons (Fsp3) is 0.538. The molecule has 7 heteroatoms. The van der Waals surface area contributed by atoms with E-state index in [1.54, 1.807) is 16.2 Å². The molecule has 4 rings (SSSR count). The second-order valence-corrected chi connectivity index (χ2v) is 10.00. The first-order valence-corrected chi connectivity index (χ1v) is 12.8. The zero-order valence-electron chi connectivity index (χ0n) is 19.8. The smallest absolute Gasteiger partial charge is 0.242 e. The lowest BCUT2D eigenvalue weighted by Crippen LogP contribution is -2.49. The predicted molar refractivity (Wildman–Crippen MR) is 130 cm³/mol. The van der Waals surface area contributed by atoms with Crippen LogP contribution in [0.4, 0.5) is 0 Å². The van der Waals surface area contributed by atoms with Gasteiger partial charge in [0, 0.05) is 31.0 Å². The third-order valence-electron chi connectivity index (χ3n) is 6.57. The standard InChI is InChI=1S/C26H34N2O4S/c1-4-25(29)27(15-20-6-5-12-31-20)16-26(30)28-11-9-24-21(10-13-33-24)22(28)17-32-23-8-7-18(2)14-19(23)3/h7-8,10,13-14,20,22H,4-6,9,11-12,15-17H2,1-3H3. The van der Waals surface area contributed by atoms with Gasteiger partial charge < -0.3 is 19.3 Å². The number of carbonyl (C=O) groups excluding carboxylic acids is 2. The number of thiophene rings is 1. The average Bonchev–Trinajstić information content (AvgIpc) is 3.49. The highest BCUT2D eigenvalue weighted by molar-refractivity contribution is 7.10. The molecule has 178 valence electrons. The summed E-state index contributed by atoms with van der Waals surface area (Å²) in [5, 5.41) is 2.09. The Bertz CT molecular complexity index is 982. The van der Waals surface area contributed by atoms with Gasteiger partial charge in [-0.05, 0) is 61.7 Å². The van der Waals surface area contributed by atoms with Gasteiger partial charge in [-0.15, -0.1) is 11.3 Å². The Morgan fingerprint density at radius 2 is 2.12 bits per heavy atom. The maximum Gasteiger partial charge on any atom is 0.242 e. The molecule has 2 unspecified atom stereocenters. The van der Waals surface area contributed by atoms with Crippen molar-refractivity contribution >= 4 is 23.2 Å². The number of fused-ring (bicyclic) bond motifs is 1. The molecule has 1 aromatic heterocycles. The van der Waals surface area contributed by atoms with E-state index < -0.39 is 0 Å². The van der Waals surface area contributed by atoms with Gasteiger partial charge in [0.15, 0.2) is 0 Å². The Kier molecular flexibility index (Phi) is 7.71. The van der Waals surface area contributed by atoms with E-state index >= 15 is 0 Å². The van der Waals surface area contributed by atoms with Crippen LogP contribution in [0.25, 0.3) is 0 Å². The minimum Gasteiger partial charge on any atom is -0.491 e. The maximum atomic E-state index is 13.5. The molecule has 2 aliphatic heterocycles. The van der Waals surface area contributed by atoms with Crippen LogP contribution in [0.15, 0.2) is 29.6 Å². The first-order valence-electron chi connectivity index (χ1n) is 11.9. The van der Waals surface area contributed by atoms with E-state index in [0.29, 0.717) is 26.1 Å². The number of nitrogens with zero attached hydrogens (tertiary/aromatic N) is 2. The molecule has 0 saturated carbocycles. The van der Waals surface area contributed by atoms with E-state index in [9.17, 15) is 9.59 Å². The molecule has 1 fully saturated rings. The average molecular weight is 471 g/mol. The third-order valence-corrected chi connectivity index (χ3v) is 7.57. The monoisotopic (exact) mass is 470 g/mol. The number of hydrogen-bond donors (Lipinski definition) is 0. The van der Waals surface area contributed by atoms with Crippen LogP contribution >= 0.6 is 11.3 Å². The van der Waals surface area contributed by atoms with E-state index in [-0.39, 0.29) is 30.5 Å². The van der Waals surface area contributed by atoms with Gasteiger partial charge in [0.05, 0.1) is 18.7 Å². The van der Waals surface area contributed by atoms with Crippen LogP contribution in [0.3, 0.4) is 0 Å². The Hall–Kier alpha value is -2.38. The number of hydrogen-bond acceptors (Lipinski definition) is 5. The normalized spacial score (nSPS) is 19.9. The van der Waals surface area contributed by atoms with E-state index in [1.807, 2.05) is 30.9 Å². The second-order valence-electron chi connectivity index (χ2n) is 8.99. The molecular weight excluding hydrogens is 436 g/mol. The molecule has 2 amide bonds. The lowest BCUT2D eigenvalue weighted by Gasteiger charge is -2.37. The molecular formula is C26H34N2O4S. The number of amides is 2. The molecule has 3 heterocycles. The van der Waals surface area contributed by atoms with Crippen LogP contribution in [-0.2, 0) is 20.7 Å². The summed E-state index contributed by atoms with van der Waals surface area (Å²) in [6.07, 6.45) is 3.20.